The number of sulfonamides is 1. The highest BCUT2D eigenvalue weighted by Gasteiger charge is 2.24. The Hall–Kier alpha value is -1.89. The first-order valence-corrected chi connectivity index (χ1v) is 9.23. The lowest BCUT2D eigenvalue weighted by atomic mass is 10.2. The van der Waals surface area contributed by atoms with Crippen LogP contribution in [0.4, 0.5) is 0 Å². The van der Waals surface area contributed by atoms with E-state index in [1.165, 1.54) is 28.6 Å². The van der Waals surface area contributed by atoms with E-state index in [1.54, 1.807) is 0 Å². The summed E-state index contributed by atoms with van der Waals surface area (Å²) in [5, 5.41) is 9.24. The van der Waals surface area contributed by atoms with E-state index >= 15 is 0 Å². The average Bonchev–Trinajstić information content (AvgIpc) is 2.55. The lowest BCUT2D eigenvalue weighted by Crippen LogP contribution is -2.32. The van der Waals surface area contributed by atoms with Crippen molar-refractivity contribution in [3.8, 4) is 0 Å². The molecule has 2 aromatic rings. The number of carboxylic acid groups (broad SMARTS) is 1. The highest BCUT2D eigenvalue weighted by Crippen LogP contribution is 2.21. The van der Waals surface area contributed by atoms with Gasteiger partial charge in [-0.2, -0.15) is 4.31 Å². The van der Waals surface area contributed by atoms with E-state index in [1.807, 2.05) is 30.3 Å². The Balaban J connectivity index is 2.25. The Bertz CT molecular complexity index is 776. The van der Waals surface area contributed by atoms with Crippen molar-refractivity contribution < 1.29 is 18.3 Å². The summed E-state index contributed by atoms with van der Waals surface area (Å²) < 4.78 is 27.0. The molecule has 0 aliphatic rings. The first kappa shape index (κ1) is 18.4. The highest BCUT2D eigenvalue weighted by atomic mass is 35.5. The molecule has 2 aromatic carbocycles. The highest BCUT2D eigenvalue weighted by molar-refractivity contribution is 7.89. The summed E-state index contributed by atoms with van der Waals surface area (Å²) in [6.07, 6.45) is 0.163. The van der Waals surface area contributed by atoms with Gasteiger partial charge in [-0.1, -0.05) is 41.9 Å². The SMILES string of the molecule is O=C(O)CCCN(Cc1ccccc1)S(=O)(=O)c1ccc(Cl)cc1. The third-order valence-corrected chi connectivity index (χ3v) is 5.56. The minimum atomic E-state index is -3.73. The molecule has 0 amide bonds. The smallest absolute Gasteiger partial charge is 0.303 e. The maximum absolute atomic E-state index is 12.9. The van der Waals surface area contributed by atoms with Crippen LogP contribution in [0.3, 0.4) is 0 Å². The molecule has 0 atom stereocenters. The summed E-state index contributed by atoms with van der Waals surface area (Å²) in [6.45, 7) is 0.317. The van der Waals surface area contributed by atoms with E-state index in [9.17, 15) is 13.2 Å². The molecule has 0 spiro atoms. The van der Waals surface area contributed by atoms with Crippen molar-refractivity contribution in [3.05, 3.63) is 65.2 Å². The number of rotatable bonds is 8. The van der Waals surface area contributed by atoms with Crippen molar-refractivity contribution in [1.82, 2.24) is 4.31 Å². The van der Waals surface area contributed by atoms with Gasteiger partial charge in [-0.3, -0.25) is 4.79 Å². The van der Waals surface area contributed by atoms with Crippen LogP contribution in [0.15, 0.2) is 59.5 Å². The molecule has 0 fully saturated rings. The van der Waals surface area contributed by atoms with Gasteiger partial charge in [0.25, 0.3) is 0 Å². The monoisotopic (exact) mass is 367 g/mol. The molecule has 1 N–H and O–H groups in total. The molecule has 0 heterocycles. The predicted molar refractivity (Wildman–Crippen MR) is 92.4 cm³/mol. The lowest BCUT2D eigenvalue weighted by molar-refractivity contribution is -0.137. The van der Waals surface area contributed by atoms with Crippen LogP contribution < -0.4 is 0 Å². The summed E-state index contributed by atoms with van der Waals surface area (Å²) in [6, 6.07) is 15.1. The number of halogens is 1. The summed E-state index contributed by atoms with van der Waals surface area (Å²) in [4.78, 5) is 10.9. The molecule has 0 bridgehead atoms. The second-order valence-electron chi connectivity index (χ2n) is 5.28. The molecule has 0 unspecified atom stereocenters. The zero-order chi connectivity index (χ0) is 17.6. The van der Waals surface area contributed by atoms with E-state index in [0.717, 1.165) is 5.56 Å². The van der Waals surface area contributed by atoms with Crippen LogP contribution in [0.5, 0.6) is 0 Å². The van der Waals surface area contributed by atoms with Crippen LogP contribution in [0, 0.1) is 0 Å². The molecule has 0 aromatic heterocycles. The van der Waals surface area contributed by atoms with Crippen LogP contribution in [0.1, 0.15) is 18.4 Å². The molecule has 0 radical (unpaired) electrons. The first-order valence-electron chi connectivity index (χ1n) is 7.41. The van der Waals surface area contributed by atoms with Gasteiger partial charge in [0.05, 0.1) is 4.90 Å². The van der Waals surface area contributed by atoms with Crippen LogP contribution in [-0.4, -0.2) is 30.3 Å². The third kappa shape index (κ3) is 5.06. The third-order valence-electron chi connectivity index (χ3n) is 3.45. The molecule has 0 aliphatic carbocycles. The molecule has 24 heavy (non-hydrogen) atoms. The number of carboxylic acids is 1. The van der Waals surface area contributed by atoms with Crippen molar-refractivity contribution in [1.29, 1.82) is 0 Å². The fourth-order valence-corrected chi connectivity index (χ4v) is 3.83. The molecule has 128 valence electrons. The van der Waals surface area contributed by atoms with Gasteiger partial charge >= 0.3 is 5.97 Å². The van der Waals surface area contributed by atoms with Crippen LogP contribution in [-0.2, 0) is 21.4 Å². The van der Waals surface area contributed by atoms with E-state index in [2.05, 4.69) is 0 Å². The van der Waals surface area contributed by atoms with Crippen molar-refractivity contribution in [2.75, 3.05) is 6.54 Å². The second-order valence-corrected chi connectivity index (χ2v) is 7.65. The normalized spacial score (nSPS) is 11.6. The zero-order valence-electron chi connectivity index (χ0n) is 12.9. The molecule has 0 saturated heterocycles. The van der Waals surface area contributed by atoms with Crippen molar-refractivity contribution in [2.45, 2.75) is 24.3 Å². The minimum Gasteiger partial charge on any atom is -0.481 e. The summed E-state index contributed by atoms with van der Waals surface area (Å²) >= 11 is 5.82. The van der Waals surface area contributed by atoms with Crippen LogP contribution >= 0.6 is 11.6 Å². The van der Waals surface area contributed by atoms with Gasteiger partial charge in [0.1, 0.15) is 0 Å². The fraction of sp³-hybridized carbons (Fsp3) is 0.235. The number of hydrogen-bond donors (Lipinski definition) is 1. The predicted octanol–water partition coefficient (Wildman–Crippen LogP) is 3.40. The Morgan fingerprint density at radius 3 is 2.25 bits per heavy atom. The van der Waals surface area contributed by atoms with E-state index in [4.69, 9.17) is 16.7 Å². The lowest BCUT2D eigenvalue weighted by Gasteiger charge is -2.22. The first-order chi connectivity index (χ1) is 11.4. The summed E-state index contributed by atoms with van der Waals surface area (Å²) in [5.41, 5.74) is 0.838. The molecule has 5 nitrogen and oxygen atoms in total. The number of aliphatic carboxylic acids is 1. The molecule has 2 rings (SSSR count). The number of nitrogens with zero attached hydrogens (tertiary/aromatic N) is 1. The maximum atomic E-state index is 12.9. The fourth-order valence-electron chi connectivity index (χ4n) is 2.23. The van der Waals surface area contributed by atoms with Gasteiger partial charge in [-0.05, 0) is 36.2 Å². The van der Waals surface area contributed by atoms with Gasteiger partial charge in [-0.25, -0.2) is 8.42 Å². The molecule has 7 heteroatoms. The van der Waals surface area contributed by atoms with Crippen LogP contribution in [0.25, 0.3) is 0 Å². The van der Waals surface area contributed by atoms with Crippen molar-refractivity contribution in [2.24, 2.45) is 0 Å². The second kappa shape index (κ2) is 8.28. The minimum absolute atomic E-state index is 0.0819. The largest absolute Gasteiger partial charge is 0.481 e. The van der Waals surface area contributed by atoms with Gasteiger partial charge in [-0.15, -0.1) is 0 Å². The van der Waals surface area contributed by atoms with Gasteiger partial charge in [0.15, 0.2) is 0 Å². The van der Waals surface area contributed by atoms with Gasteiger partial charge in [0, 0.05) is 24.5 Å². The van der Waals surface area contributed by atoms with Gasteiger partial charge < -0.3 is 5.11 Å². The molecule has 0 saturated carbocycles. The summed E-state index contributed by atoms with van der Waals surface area (Å²) in [5.74, 6) is -0.946. The topological polar surface area (TPSA) is 74.7 Å². The molecular formula is C17H18ClNO4S. The Morgan fingerprint density at radius 1 is 1.04 bits per heavy atom. The Morgan fingerprint density at radius 2 is 1.67 bits per heavy atom. The molecular weight excluding hydrogens is 350 g/mol. The number of benzene rings is 2. The zero-order valence-corrected chi connectivity index (χ0v) is 14.5. The average molecular weight is 368 g/mol. The van der Waals surface area contributed by atoms with E-state index < -0.39 is 16.0 Å². The van der Waals surface area contributed by atoms with Crippen LogP contribution in [0.2, 0.25) is 5.02 Å². The van der Waals surface area contributed by atoms with Crippen molar-refractivity contribution in [3.63, 3.8) is 0 Å². The number of carbonyl (C=O) groups is 1. The Kier molecular flexibility index (Phi) is 6.36. The summed E-state index contributed by atoms with van der Waals surface area (Å²) in [7, 11) is -3.73. The Labute approximate surface area is 146 Å². The van der Waals surface area contributed by atoms with E-state index in [-0.39, 0.29) is 30.8 Å². The standard InChI is InChI=1S/C17H18ClNO4S/c18-15-8-10-16(11-9-15)24(22,23)19(12-4-7-17(20)21)13-14-5-2-1-3-6-14/h1-3,5-6,8-11H,4,7,12-13H2,(H,20,21). The number of hydrogen-bond acceptors (Lipinski definition) is 3. The van der Waals surface area contributed by atoms with Gasteiger partial charge in [0.2, 0.25) is 10.0 Å². The quantitative estimate of drug-likeness (QED) is 0.776. The molecule has 0 aliphatic heterocycles. The van der Waals surface area contributed by atoms with Crippen molar-refractivity contribution >= 4 is 27.6 Å². The van der Waals surface area contributed by atoms with E-state index in [0.29, 0.717) is 5.02 Å². The maximum Gasteiger partial charge on any atom is 0.303 e.